The van der Waals surface area contributed by atoms with Gasteiger partial charge in [-0.3, -0.25) is 0 Å². The Kier molecular flexibility index (Phi) is 2.82. The van der Waals surface area contributed by atoms with Crippen LogP contribution in [0.15, 0.2) is 12.1 Å². The molecule has 1 aliphatic heterocycles. The van der Waals surface area contributed by atoms with Crippen molar-refractivity contribution >= 4 is 0 Å². The lowest BCUT2D eigenvalue weighted by Gasteiger charge is -2.11. The monoisotopic (exact) mass is 212 g/mol. The molecule has 0 atom stereocenters. The summed E-state index contributed by atoms with van der Waals surface area (Å²) in [5.74, 6) is 2.34. The van der Waals surface area contributed by atoms with E-state index in [2.05, 4.69) is 0 Å². The van der Waals surface area contributed by atoms with Crippen molar-refractivity contribution in [3.05, 3.63) is 12.1 Å². The van der Waals surface area contributed by atoms with Crippen molar-refractivity contribution in [2.45, 2.75) is 0 Å². The molecule has 0 saturated heterocycles. The van der Waals surface area contributed by atoms with Gasteiger partial charge in [0.1, 0.15) is 0 Å². The van der Waals surface area contributed by atoms with Crippen LogP contribution >= 0.6 is 0 Å². The lowest BCUT2D eigenvalue weighted by molar-refractivity contribution is 0.0489. The van der Waals surface area contributed by atoms with Crippen LogP contribution in [-0.2, 0) is 4.74 Å². The molecule has 15 heavy (non-hydrogen) atoms. The van der Waals surface area contributed by atoms with Crippen LogP contribution in [0.1, 0.15) is 0 Å². The Balaban J connectivity index is 2.30. The van der Waals surface area contributed by atoms with Gasteiger partial charge in [-0.1, -0.05) is 0 Å². The summed E-state index contributed by atoms with van der Waals surface area (Å²) in [6.07, 6.45) is 0. The van der Waals surface area contributed by atoms with Crippen molar-refractivity contribution in [1.82, 2.24) is 0 Å². The first kappa shape index (κ1) is 9.92. The van der Waals surface area contributed by atoms with Gasteiger partial charge in [-0.25, -0.2) is 0 Å². The summed E-state index contributed by atoms with van der Waals surface area (Å²) in [4.78, 5) is 0. The predicted octanol–water partition coefficient (Wildman–Crippen LogP) is 1.41. The molecule has 0 saturated carbocycles. The number of ether oxygens (including phenoxy) is 5. The Bertz CT molecular complexity index is 350. The van der Waals surface area contributed by atoms with Crippen LogP contribution in [0, 0.1) is 0 Å². The zero-order valence-corrected chi connectivity index (χ0v) is 8.61. The van der Waals surface area contributed by atoms with Crippen LogP contribution in [0.5, 0.6) is 23.0 Å². The summed E-state index contributed by atoms with van der Waals surface area (Å²) in [5, 5.41) is 0. The lowest BCUT2D eigenvalue weighted by Crippen LogP contribution is -2.01. The number of fused-ring (bicyclic) bond motifs is 1. The van der Waals surface area contributed by atoms with E-state index >= 15 is 0 Å². The molecule has 1 aromatic rings. The molecule has 0 bridgehead atoms. The van der Waals surface area contributed by atoms with E-state index < -0.39 is 0 Å². The zero-order chi connectivity index (χ0) is 10.7. The van der Waals surface area contributed by atoms with Crippen LogP contribution in [0.25, 0.3) is 0 Å². The first-order valence-electron chi connectivity index (χ1n) is 4.45. The summed E-state index contributed by atoms with van der Waals surface area (Å²) < 4.78 is 25.8. The van der Waals surface area contributed by atoms with Gasteiger partial charge in [0.25, 0.3) is 0 Å². The smallest absolute Gasteiger partial charge is 0.231 e. The maximum atomic E-state index is 5.32. The first-order chi connectivity index (χ1) is 7.36. The van der Waals surface area contributed by atoms with Crippen molar-refractivity contribution in [3.63, 3.8) is 0 Å². The molecule has 5 nitrogen and oxygen atoms in total. The molecule has 0 unspecified atom stereocenters. The van der Waals surface area contributed by atoms with E-state index in [-0.39, 0.29) is 13.6 Å². The molecule has 0 radical (unpaired) electrons. The maximum absolute atomic E-state index is 5.32. The Morgan fingerprint density at radius 3 is 2.87 bits per heavy atom. The van der Waals surface area contributed by atoms with Crippen molar-refractivity contribution in [2.24, 2.45) is 0 Å². The second-order valence-corrected chi connectivity index (χ2v) is 2.88. The summed E-state index contributed by atoms with van der Waals surface area (Å²) in [5.41, 5.74) is 0. The highest BCUT2D eigenvalue weighted by Crippen LogP contribution is 2.46. The van der Waals surface area contributed by atoms with Gasteiger partial charge in [0.05, 0.1) is 7.11 Å². The van der Waals surface area contributed by atoms with Gasteiger partial charge in [-0.05, 0) is 12.1 Å². The van der Waals surface area contributed by atoms with Gasteiger partial charge in [-0.15, -0.1) is 0 Å². The van der Waals surface area contributed by atoms with Crippen molar-refractivity contribution in [3.8, 4) is 23.0 Å². The molecule has 82 valence electrons. The fourth-order valence-electron chi connectivity index (χ4n) is 1.36. The molecule has 0 aromatic heterocycles. The molecule has 0 spiro atoms. The predicted molar refractivity (Wildman–Crippen MR) is 51.6 cm³/mol. The van der Waals surface area contributed by atoms with Crippen molar-refractivity contribution in [2.75, 3.05) is 27.8 Å². The molecule has 0 amide bonds. The van der Waals surface area contributed by atoms with E-state index in [1.807, 2.05) is 0 Å². The van der Waals surface area contributed by atoms with E-state index in [0.29, 0.717) is 23.0 Å². The van der Waals surface area contributed by atoms with Gasteiger partial charge >= 0.3 is 0 Å². The van der Waals surface area contributed by atoms with Crippen LogP contribution in [0.2, 0.25) is 0 Å². The van der Waals surface area contributed by atoms with Crippen LogP contribution in [0.4, 0.5) is 0 Å². The average Bonchev–Trinajstić information content (AvgIpc) is 2.73. The molecule has 0 N–H and O–H groups in total. The quantitative estimate of drug-likeness (QED) is 0.706. The summed E-state index contributed by atoms with van der Waals surface area (Å²) >= 11 is 0. The van der Waals surface area contributed by atoms with Gasteiger partial charge in [0.15, 0.2) is 18.3 Å². The normalized spacial score (nSPS) is 12.7. The largest absolute Gasteiger partial charge is 0.490 e. The molecule has 0 aliphatic carbocycles. The van der Waals surface area contributed by atoms with E-state index in [9.17, 15) is 0 Å². The molecule has 1 heterocycles. The third-order valence-corrected chi connectivity index (χ3v) is 1.99. The second-order valence-electron chi connectivity index (χ2n) is 2.88. The van der Waals surface area contributed by atoms with Crippen LogP contribution in [-0.4, -0.2) is 27.8 Å². The Morgan fingerprint density at radius 2 is 2.13 bits per heavy atom. The Hall–Kier alpha value is -1.62. The standard InChI is InChI=1S/C10H12O5/c1-11-5-13-7-3-4-8-10(9(7)12-2)15-6-14-8/h3-4H,5-6H2,1-2H3. The minimum Gasteiger partial charge on any atom is -0.490 e. The Morgan fingerprint density at radius 1 is 1.27 bits per heavy atom. The van der Waals surface area contributed by atoms with E-state index in [1.54, 1.807) is 26.4 Å². The van der Waals surface area contributed by atoms with Crippen LogP contribution < -0.4 is 18.9 Å². The van der Waals surface area contributed by atoms with E-state index in [4.69, 9.17) is 23.7 Å². The van der Waals surface area contributed by atoms with Gasteiger partial charge in [0.2, 0.25) is 18.3 Å². The fraction of sp³-hybridized carbons (Fsp3) is 0.400. The number of hydrogen-bond acceptors (Lipinski definition) is 5. The number of rotatable bonds is 4. The first-order valence-corrected chi connectivity index (χ1v) is 4.45. The van der Waals surface area contributed by atoms with E-state index in [1.165, 1.54) is 0 Å². The fourth-order valence-corrected chi connectivity index (χ4v) is 1.36. The average molecular weight is 212 g/mol. The van der Waals surface area contributed by atoms with E-state index in [0.717, 1.165) is 0 Å². The third-order valence-electron chi connectivity index (χ3n) is 1.99. The summed E-state index contributed by atoms with van der Waals surface area (Å²) in [7, 11) is 3.11. The maximum Gasteiger partial charge on any atom is 0.231 e. The highest BCUT2D eigenvalue weighted by atomic mass is 16.7. The molecule has 1 aromatic carbocycles. The topological polar surface area (TPSA) is 46.2 Å². The molecule has 1 aliphatic rings. The SMILES string of the molecule is COCOc1ccc2c(c1OC)OCO2. The highest BCUT2D eigenvalue weighted by Gasteiger charge is 2.22. The summed E-state index contributed by atoms with van der Waals surface area (Å²) in [6.45, 7) is 0.370. The van der Waals surface area contributed by atoms with Crippen LogP contribution in [0.3, 0.4) is 0 Å². The molecular weight excluding hydrogens is 200 g/mol. The minimum atomic E-state index is 0.163. The highest BCUT2D eigenvalue weighted by molar-refractivity contribution is 5.59. The minimum absolute atomic E-state index is 0.163. The third kappa shape index (κ3) is 1.78. The molecule has 0 fully saturated rings. The Labute approximate surface area is 87.5 Å². The van der Waals surface area contributed by atoms with Gasteiger partial charge < -0.3 is 23.7 Å². The van der Waals surface area contributed by atoms with Crippen molar-refractivity contribution in [1.29, 1.82) is 0 Å². The number of benzene rings is 1. The summed E-state index contributed by atoms with van der Waals surface area (Å²) in [6, 6.07) is 3.53. The lowest BCUT2D eigenvalue weighted by atomic mass is 10.2. The molecular formula is C10H12O5. The van der Waals surface area contributed by atoms with Crippen molar-refractivity contribution < 1.29 is 23.7 Å². The van der Waals surface area contributed by atoms with Gasteiger partial charge in [0, 0.05) is 7.11 Å². The number of hydrogen-bond donors (Lipinski definition) is 0. The number of methoxy groups -OCH3 is 2. The zero-order valence-electron chi connectivity index (χ0n) is 8.61. The molecule has 2 rings (SSSR count). The molecule has 5 heteroatoms. The second kappa shape index (κ2) is 4.27. The van der Waals surface area contributed by atoms with Gasteiger partial charge in [-0.2, -0.15) is 0 Å².